The van der Waals surface area contributed by atoms with Gasteiger partial charge in [0.05, 0.1) is 5.75 Å². The van der Waals surface area contributed by atoms with Crippen LogP contribution in [0.5, 0.6) is 0 Å². The highest BCUT2D eigenvalue weighted by Gasteiger charge is 2.17. The molecule has 0 fully saturated rings. The Bertz CT molecular complexity index is 667. The minimum absolute atomic E-state index is 0.129. The van der Waals surface area contributed by atoms with E-state index in [4.69, 9.17) is 0 Å². The molecule has 2 rings (SSSR count). The van der Waals surface area contributed by atoms with E-state index >= 15 is 0 Å². The number of hydrogen-bond acceptors (Lipinski definition) is 3. The van der Waals surface area contributed by atoms with Gasteiger partial charge in [0.15, 0.2) is 9.84 Å². The predicted octanol–water partition coefficient (Wildman–Crippen LogP) is 2.24. The van der Waals surface area contributed by atoms with Crippen LogP contribution in [-0.2, 0) is 20.4 Å². The van der Waals surface area contributed by atoms with Gasteiger partial charge in [0.2, 0.25) is 5.91 Å². The summed E-state index contributed by atoms with van der Waals surface area (Å²) in [6.07, 6.45) is 0. The van der Waals surface area contributed by atoms with E-state index in [2.05, 4.69) is 5.32 Å². The number of benzene rings is 2. The molecule has 0 atom stereocenters. The topological polar surface area (TPSA) is 63.2 Å². The summed E-state index contributed by atoms with van der Waals surface area (Å²) in [7, 11) is -3.47. The number of hydrogen-bond donors (Lipinski definition) is 1. The normalized spacial score (nSPS) is 11.0. The summed E-state index contributed by atoms with van der Waals surface area (Å²) in [4.78, 5) is 11.7. The second kappa shape index (κ2) is 6.34. The average molecular weight is 289 g/mol. The van der Waals surface area contributed by atoms with Gasteiger partial charge < -0.3 is 5.32 Å². The van der Waals surface area contributed by atoms with Gasteiger partial charge in [0.1, 0.15) is 5.75 Å². The first-order valence-electron chi connectivity index (χ1n) is 6.14. The molecule has 0 saturated heterocycles. The quantitative estimate of drug-likeness (QED) is 0.918. The van der Waals surface area contributed by atoms with Gasteiger partial charge in [0.25, 0.3) is 0 Å². The predicted molar refractivity (Wildman–Crippen MR) is 79.0 cm³/mol. The van der Waals surface area contributed by atoms with E-state index in [9.17, 15) is 13.2 Å². The van der Waals surface area contributed by atoms with E-state index in [-0.39, 0.29) is 5.75 Å². The number of sulfone groups is 1. The molecule has 2 aromatic carbocycles. The molecular weight excluding hydrogens is 274 g/mol. The molecule has 0 aromatic heterocycles. The van der Waals surface area contributed by atoms with Gasteiger partial charge in [-0.05, 0) is 17.7 Å². The molecule has 1 amide bonds. The van der Waals surface area contributed by atoms with Crippen LogP contribution in [0.25, 0.3) is 0 Å². The molecule has 1 N–H and O–H groups in total. The number of nitrogens with one attached hydrogen (secondary N) is 1. The summed E-state index contributed by atoms with van der Waals surface area (Å²) in [5.74, 6) is -1.17. The highest BCUT2D eigenvalue weighted by atomic mass is 32.2. The van der Waals surface area contributed by atoms with E-state index in [1.807, 2.05) is 12.1 Å². The van der Waals surface area contributed by atoms with Gasteiger partial charge in [-0.1, -0.05) is 48.5 Å². The third-order valence-electron chi connectivity index (χ3n) is 2.64. The molecule has 4 nitrogen and oxygen atoms in total. The second-order valence-corrected chi connectivity index (χ2v) is 6.50. The van der Waals surface area contributed by atoms with Crippen molar-refractivity contribution >= 4 is 21.4 Å². The van der Waals surface area contributed by atoms with Crippen LogP contribution in [0.2, 0.25) is 0 Å². The fraction of sp³-hybridized carbons (Fsp3) is 0.133. The van der Waals surface area contributed by atoms with Crippen molar-refractivity contribution in [2.45, 2.75) is 5.75 Å². The van der Waals surface area contributed by atoms with Crippen molar-refractivity contribution in [2.75, 3.05) is 11.1 Å². The number of anilines is 1. The summed E-state index contributed by atoms with van der Waals surface area (Å²) >= 11 is 0. The SMILES string of the molecule is O=C(CS(=O)(=O)Cc1ccccc1)Nc1ccccc1. The Kier molecular flexibility index (Phi) is 4.53. The lowest BCUT2D eigenvalue weighted by atomic mass is 10.2. The molecule has 0 aliphatic carbocycles. The fourth-order valence-electron chi connectivity index (χ4n) is 1.80. The lowest BCUT2D eigenvalue weighted by Gasteiger charge is -2.06. The first-order chi connectivity index (χ1) is 9.55. The van der Waals surface area contributed by atoms with Gasteiger partial charge in [0, 0.05) is 5.69 Å². The summed E-state index contributed by atoms with van der Waals surface area (Å²) < 4.78 is 23.9. The molecule has 0 aliphatic rings. The smallest absolute Gasteiger partial charge is 0.239 e. The zero-order valence-corrected chi connectivity index (χ0v) is 11.6. The Morgan fingerprint density at radius 1 is 0.900 bits per heavy atom. The fourth-order valence-corrected chi connectivity index (χ4v) is 3.07. The number of para-hydroxylation sites is 1. The zero-order chi connectivity index (χ0) is 14.4. The second-order valence-electron chi connectivity index (χ2n) is 4.43. The maximum Gasteiger partial charge on any atom is 0.239 e. The minimum atomic E-state index is -3.47. The largest absolute Gasteiger partial charge is 0.325 e. The van der Waals surface area contributed by atoms with Gasteiger partial charge in [-0.15, -0.1) is 0 Å². The van der Waals surface area contributed by atoms with Gasteiger partial charge in [-0.3, -0.25) is 4.79 Å². The maximum absolute atomic E-state index is 11.9. The lowest BCUT2D eigenvalue weighted by Crippen LogP contribution is -2.23. The van der Waals surface area contributed by atoms with E-state index in [1.54, 1.807) is 48.5 Å². The van der Waals surface area contributed by atoms with Crippen LogP contribution in [0.15, 0.2) is 60.7 Å². The average Bonchev–Trinajstić information content (AvgIpc) is 2.39. The molecule has 0 bridgehead atoms. The molecule has 0 unspecified atom stereocenters. The monoisotopic (exact) mass is 289 g/mol. The molecule has 0 aliphatic heterocycles. The molecule has 20 heavy (non-hydrogen) atoms. The first-order valence-corrected chi connectivity index (χ1v) is 7.96. The third kappa shape index (κ3) is 4.51. The van der Waals surface area contributed by atoms with Crippen molar-refractivity contribution < 1.29 is 13.2 Å². The van der Waals surface area contributed by atoms with Crippen LogP contribution in [0, 0.1) is 0 Å². The van der Waals surface area contributed by atoms with Crippen molar-refractivity contribution in [3.8, 4) is 0 Å². The zero-order valence-electron chi connectivity index (χ0n) is 10.8. The van der Waals surface area contributed by atoms with E-state index in [0.717, 1.165) is 0 Å². The van der Waals surface area contributed by atoms with Crippen molar-refractivity contribution in [1.29, 1.82) is 0 Å². The van der Waals surface area contributed by atoms with Crippen molar-refractivity contribution in [3.63, 3.8) is 0 Å². The molecule has 0 saturated carbocycles. The summed E-state index contributed by atoms with van der Waals surface area (Å²) in [5, 5.41) is 2.57. The van der Waals surface area contributed by atoms with Crippen LogP contribution in [0.1, 0.15) is 5.56 Å². The van der Waals surface area contributed by atoms with Crippen LogP contribution >= 0.6 is 0 Å². The van der Waals surface area contributed by atoms with Crippen LogP contribution < -0.4 is 5.32 Å². The van der Waals surface area contributed by atoms with Crippen molar-refractivity contribution in [1.82, 2.24) is 0 Å². The lowest BCUT2D eigenvalue weighted by molar-refractivity contribution is -0.113. The van der Waals surface area contributed by atoms with Crippen molar-refractivity contribution in [2.24, 2.45) is 0 Å². The highest BCUT2D eigenvalue weighted by Crippen LogP contribution is 2.08. The molecule has 5 heteroatoms. The first kappa shape index (κ1) is 14.3. The molecule has 0 radical (unpaired) electrons. The van der Waals surface area contributed by atoms with Crippen LogP contribution in [0.3, 0.4) is 0 Å². The van der Waals surface area contributed by atoms with Gasteiger partial charge >= 0.3 is 0 Å². The standard InChI is InChI=1S/C15H15NO3S/c17-15(16-14-9-5-2-6-10-14)12-20(18,19)11-13-7-3-1-4-8-13/h1-10H,11-12H2,(H,16,17). The molecule has 0 spiro atoms. The Hall–Kier alpha value is -2.14. The Morgan fingerprint density at radius 2 is 1.45 bits per heavy atom. The Labute approximate surface area is 118 Å². The van der Waals surface area contributed by atoms with E-state index in [0.29, 0.717) is 11.3 Å². The number of amides is 1. The van der Waals surface area contributed by atoms with Crippen molar-refractivity contribution in [3.05, 3.63) is 66.2 Å². The Morgan fingerprint density at radius 3 is 2.05 bits per heavy atom. The molecular formula is C15H15NO3S. The summed E-state index contributed by atoms with van der Waals surface area (Å²) in [6, 6.07) is 17.6. The number of carbonyl (C=O) groups is 1. The van der Waals surface area contributed by atoms with Gasteiger partial charge in [-0.2, -0.15) is 0 Å². The Balaban J connectivity index is 1.96. The van der Waals surface area contributed by atoms with Gasteiger partial charge in [-0.25, -0.2) is 8.42 Å². The minimum Gasteiger partial charge on any atom is -0.325 e. The van der Waals surface area contributed by atoms with Crippen LogP contribution in [0.4, 0.5) is 5.69 Å². The maximum atomic E-state index is 11.9. The van der Waals surface area contributed by atoms with E-state index < -0.39 is 21.5 Å². The summed E-state index contributed by atoms with van der Waals surface area (Å²) in [5.41, 5.74) is 1.27. The van der Waals surface area contributed by atoms with Crippen LogP contribution in [-0.4, -0.2) is 20.1 Å². The summed E-state index contributed by atoms with van der Waals surface area (Å²) in [6.45, 7) is 0. The third-order valence-corrected chi connectivity index (χ3v) is 4.11. The van der Waals surface area contributed by atoms with E-state index in [1.165, 1.54) is 0 Å². The molecule has 0 heterocycles. The number of carbonyl (C=O) groups excluding carboxylic acids is 1. The molecule has 2 aromatic rings. The number of rotatable bonds is 5. The highest BCUT2D eigenvalue weighted by molar-refractivity contribution is 7.91. The molecule has 104 valence electrons.